The van der Waals surface area contributed by atoms with Crippen LogP contribution >= 0.6 is 0 Å². The van der Waals surface area contributed by atoms with Crippen molar-refractivity contribution in [1.29, 1.82) is 0 Å². The van der Waals surface area contributed by atoms with Crippen LogP contribution in [0, 0.1) is 11.6 Å². The fourth-order valence-electron chi connectivity index (χ4n) is 2.74. The van der Waals surface area contributed by atoms with Crippen LogP contribution in [0.1, 0.15) is 30.0 Å². The third-order valence-electron chi connectivity index (χ3n) is 3.87. The second kappa shape index (κ2) is 7.20. The first-order valence-corrected chi connectivity index (χ1v) is 7.86. The Balaban J connectivity index is 1.99. The third kappa shape index (κ3) is 3.42. The summed E-state index contributed by atoms with van der Waals surface area (Å²) in [6.07, 6.45) is 6.34. The van der Waals surface area contributed by atoms with Crippen molar-refractivity contribution in [1.82, 2.24) is 0 Å². The van der Waals surface area contributed by atoms with Crippen LogP contribution in [0.5, 0.6) is 0 Å². The number of hydrogen-bond donors (Lipinski definition) is 0. The van der Waals surface area contributed by atoms with Crippen molar-refractivity contribution in [3.05, 3.63) is 88.7 Å². The molecular weight excluding hydrogens is 304 g/mol. The minimum atomic E-state index is -0.848. The van der Waals surface area contributed by atoms with E-state index < -0.39 is 11.6 Å². The predicted octanol–water partition coefficient (Wildman–Crippen LogP) is 5.43. The zero-order valence-corrected chi connectivity index (χ0v) is 13.4. The first-order chi connectivity index (χ1) is 11.7. The van der Waals surface area contributed by atoms with Crippen LogP contribution in [-0.2, 0) is 0 Å². The summed E-state index contributed by atoms with van der Waals surface area (Å²) in [4.78, 5) is 4.64. The van der Waals surface area contributed by atoms with E-state index in [2.05, 4.69) is 16.8 Å². The summed E-state index contributed by atoms with van der Waals surface area (Å²) in [5, 5.41) is 0. The minimum absolute atomic E-state index is 0.600. The average Bonchev–Trinajstić information content (AvgIpc) is 2.76. The summed E-state index contributed by atoms with van der Waals surface area (Å²) in [5.74, 6) is -1.69. The van der Waals surface area contributed by atoms with Gasteiger partial charge in [-0.25, -0.2) is 8.78 Å². The quantitative estimate of drug-likeness (QED) is 0.654. The molecule has 1 aliphatic heterocycles. The van der Waals surface area contributed by atoms with Gasteiger partial charge in [0.2, 0.25) is 0 Å². The van der Waals surface area contributed by atoms with Crippen LogP contribution in [-0.4, -0.2) is 12.3 Å². The van der Waals surface area contributed by atoms with E-state index in [0.717, 1.165) is 34.9 Å². The van der Waals surface area contributed by atoms with Crippen LogP contribution in [0.3, 0.4) is 0 Å². The molecule has 2 aromatic rings. The zero-order chi connectivity index (χ0) is 16.9. The van der Waals surface area contributed by atoms with Crippen molar-refractivity contribution in [3.63, 3.8) is 0 Å². The normalized spacial score (nSPS) is 14.0. The van der Waals surface area contributed by atoms with Gasteiger partial charge in [0.05, 0.1) is 5.71 Å². The van der Waals surface area contributed by atoms with E-state index in [1.807, 2.05) is 37.3 Å². The fourth-order valence-corrected chi connectivity index (χ4v) is 2.74. The Bertz CT molecular complexity index is 884. The maximum atomic E-state index is 13.3. The summed E-state index contributed by atoms with van der Waals surface area (Å²) in [6, 6.07) is 11.9. The number of fused-ring (bicyclic) bond motifs is 1. The Hall–Kier alpha value is -2.77. The van der Waals surface area contributed by atoms with Crippen molar-refractivity contribution in [2.45, 2.75) is 13.3 Å². The highest BCUT2D eigenvalue weighted by Gasteiger charge is 2.14. The lowest BCUT2D eigenvalue weighted by Crippen LogP contribution is -1.99. The van der Waals surface area contributed by atoms with Crippen molar-refractivity contribution in [2.75, 3.05) is 6.54 Å². The number of aliphatic imine (C=N–C) groups is 1. The van der Waals surface area contributed by atoms with E-state index in [1.165, 1.54) is 6.07 Å². The second-order valence-electron chi connectivity index (χ2n) is 5.48. The number of allylic oxidation sites excluding steroid dienone is 1. The molecule has 1 aliphatic rings. The van der Waals surface area contributed by atoms with Crippen molar-refractivity contribution < 1.29 is 8.78 Å². The van der Waals surface area contributed by atoms with E-state index in [-0.39, 0.29) is 0 Å². The molecular formula is C21H17F2N. The number of nitrogens with zero attached hydrogens (tertiary/aromatic N) is 1. The molecule has 0 saturated heterocycles. The topological polar surface area (TPSA) is 12.4 Å². The standard InChI is InChI=1S/C21H17F2N/c1-2-5-16-12-13-24-21(18-7-4-3-6-17(16)18)11-9-15-8-10-19(22)20(23)14-15/h2-4,6-11,14H,12-13H2,1H3/b11-9+. The van der Waals surface area contributed by atoms with Gasteiger partial charge in [0.1, 0.15) is 0 Å². The van der Waals surface area contributed by atoms with Gasteiger partial charge in [-0.15, -0.1) is 5.73 Å². The van der Waals surface area contributed by atoms with Crippen molar-refractivity contribution >= 4 is 17.4 Å². The van der Waals surface area contributed by atoms with Gasteiger partial charge < -0.3 is 0 Å². The highest BCUT2D eigenvalue weighted by molar-refractivity contribution is 6.13. The van der Waals surface area contributed by atoms with E-state index in [9.17, 15) is 8.78 Å². The molecule has 0 N–H and O–H groups in total. The Morgan fingerprint density at radius 2 is 1.79 bits per heavy atom. The Morgan fingerprint density at radius 1 is 1.00 bits per heavy atom. The molecule has 0 fully saturated rings. The number of benzene rings is 2. The molecule has 0 amide bonds. The predicted molar refractivity (Wildman–Crippen MR) is 95.0 cm³/mol. The van der Waals surface area contributed by atoms with Gasteiger partial charge in [-0.3, -0.25) is 4.99 Å². The summed E-state index contributed by atoms with van der Waals surface area (Å²) in [5.41, 5.74) is 8.00. The number of rotatable bonds is 2. The van der Waals surface area contributed by atoms with Crippen molar-refractivity contribution in [2.24, 2.45) is 4.99 Å². The molecule has 24 heavy (non-hydrogen) atoms. The van der Waals surface area contributed by atoms with Crippen molar-refractivity contribution in [3.8, 4) is 0 Å². The minimum Gasteiger partial charge on any atom is -0.284 e. The fraction of sp³-hybridized carbons (Fsp3) is 0.143. The van der Waals surface area contributed by atoms with Gasteiger partial charge in [-0.2, -0.15) is 0 Å². The largest absolute Gasteiger partial charge is 0.284 e. The maximum absolute atomic E-state index is 13.3. The summed E-state index contributed by atoms with van der Waals surface area (Å²) < 4.78 is 26.4. The van der Waals surface area contributed by atoms with Gasteiger partial charge in [0, 0.05) is 17.7 Å². The summed E-state index contributed by atoms with van der Waals surface area (Å²) in [7, 11) is 0. The molecule has 0 bridgehead atoms. The van der Waals surface area contributed by atoms with Crippen LogP contribution in [0.4, 0.5) is 8.78 Å². The Morgan fingerprint density at radius 3 is 2.54 bits per heavy atom. The van der Waals surface area contributed by atoms with Gasteiger partial charge in [0.15, 0.2) is 11.6 Å². The third-order valence-corrected chi connectivity index (χ3v) is 3.87. The number of hydrogen-bond acceptors (Lipinski definition) is 1. The molecule has 0 saturated carbocycles. The highest BCUT2D eigenvalue weighted by atomic mass is 19.2. The molecule has 1 nitrogen and oxygen atoms in total. The summed E-state index contributed by atoms with van der Waals surface area (Å²) >= 11 is 0. The van der Waals surface area contributed by atoms with E-state index in [4.69, 9.17) is 0 Å². The molecule has 0 aromatic heterocycles. The molecule has 0 spiro atoms. The maximum Gasteiger partial charge on any atom is 0.159 e. The number of halogens is 2. The monoisotopic (exact) mass is 321 g/mol. The lowest BCUT2D eigenvalue weighted by atomic mass is 9.96. The summed E-state index contributed by atoms with van der Waals surface area (Å²) in [6.45, 7) is 2.62. The van der Waals surface area contributed by atoms with Gasteiger partial charge in [-0.1, -0.05) is 36.4 Å². The SMILES string of the molecule is CC=C=C1CCN=C(/C=C/c2ccc(F)c(F)c2)c2ccccc21. The zero-order valence-electron chi connectivity index (χ0n) is 13.4. The van der Waals surface area contributed by atoms with Gasteiger partial charge in [-0.05, 0) is 48.8 Å². The molecule has 0 radical (unpaired) electrons. The lowest BCUT2D eigenvalue weighted by Gasteiger charge is -2.07. The molecule has 2 aromatic carbocycles. The molecule has 0 aliphatic carbocycles. The molecule has 1 heterocycles. The van der Waals surface area contributed by atoms with E-state index in [1.54, 1.807) is 12.1 Å². The molecule has 0 atom stereocenters. The Kier molecular flexibility index (Phi) is 4.83. The lowest BCUT2D eigenvalue weighted by molar-refractivity contribution is 0.508. The van der Waals surface area contributed by atoms with Crippen LogP contribution in [0.2, 0.25) is 0 Å². The average molecular weight is 321 g/mol. The molecule has 3 heteroatoms. The van der Waals surface area contributed by atoms with Crippen LogP contribution in [0.25, 0.3) is 11.6 Å². The highest BCUT2D eigenvalue weighted by Crippen LogP contribution is 2.26. The van der Waals surface area contributed by atoms with E-state index in [0.29, 0.717) is 12.1 Å². The molecule has 120 valence electrons. The van der Waals surface area contributed by atoms with Gasteiger partial charge in [0.25, 0.3) is 0 Å². The molecule has 3 rings (SSSR count). The Labute approximate surface area is 140 Å². The van der Waals surface area contributed by atoms with E-state index >= 15 is 0 Å². The first-order valence-electron chi connectivity index (χ1n) is 7.86. The first kappa shape index (κ1) is 16.1. The van der Waals surface area contributed by atoms with Crippen LogP contribution in [0.15, 0.2) is 65.3 Å². The second-order valence-corrected chi connectivity index (χ2v) is 5.48. The van der Waals surface area contributed by atoms with Gasteiger partial charge >= 0.3 is 0 Å². The smallest absolute Gasteiger partial charge is 0.159 e. The van der Waals surface area contributed by atoms with Crippen LogP contribution < -0.4 is 0 Å². The molecule has 0 unspecified atom stereocenters.